The fraction of sp³-hybridized carbons (Fsp3) is 0.235. The van der Waals surface area contributed by atoms with Gasteiger partial charge < -0.3 is 10.0 Å². The SMILES string of the molecule is O=C(O)CC(c1ccccc1)N1CCc2ccc(F)cc21. The zero-order chi connectivity index (χ0) is 14.8. The number of carboxylic acids is 1. The number of rotatable bonds is 4. The van der Waals surface area contributed by atoms with Crippen molar-refractivity contribution in [2.45, 2.75) is 18.9 Å². The monoisotopic (exact) mass is 285 g/mol. The molecule has 4 heteroatoms. The summed E-state index contributed by atoms with van der Waals surface area (Å²) in [5.74, 6) is -1.14. The van der Waals surface area contributed by atoms with Gasteiger partial charge in [-0.2, -0.15) is 0 Å². The van der Waals surface area contributed by atoms with E-state index in [-0.39, 0.29) is 18.3 Å². The lowest BCUT2D eigenvalue weighted by Crippen LogP contribution is -2.28. The molecule has 1 aliphatic heterocycles. The fourth-order valence-corrected chi connectivity index (χ4v) is 2.95. The van der Waals surface area contributed by atoms with Crippen LogP contribution in [0.5, 0.6) is 0 Å². The van der Waals surface area contributed by atoms with E-state index in [0.717, 1.165) is 23.2 Å². The van der Waals surface area contributed by atoms with Gasteiger partial charge in [0.25, 0.3) is 0 Å². The predicted octanol–water partition coefficient (Wildman–Crippen LogP) is 3.40. The van der Waals surface area contributed by atoms with Crippen molar-refractivity contribution in [2.24, 2.45) is 0 Å². The molecular weight excluding hydrogens is 269 g/mol. The van der Waals surface area contributed by atoms with Gasteiger partial charge in [0.15, 0.2) is 0 Å². The quantitative estimate of drug-likeness (QED) is 0.936. The maximum Gasteiger partial charge on any atom is 0.305 e. The average Bonchev–Trinajstić information content (AvgIpc) is 2.88. The molecule has 108 valence electrons. The van der Waals surface area contributed by atoms with Crippen molar-refractivity contribution in [1.82, 2.24) is 0 Å². The lowest BCUT2D eigenvalue weighted by molar-refractivity contribution is -0.137. The first-order valence-electron chi connectivity index (χ1n) is 6.97. The number of aliphatic carboxylic acids is 1. The Kier molecular flexibility index (Phi) is 3.60. The van der Waals surface area contributed by atoms with Crippen molar-refractivity contribution < 1.29 is 14.3 Å². The molecule has 0 aliphatic carbocycles. The molecule has 3 nitrogen and oxygen atoms in total. The Hall–Kier alpha value is -2.36. The summed E-state index contributed by atoms with van der Waals surface area (Å²) in [5, 5.41) is 9.21. The summed E-state index contributed by atoms with van der Waals surface area (Å²) in [6.07, 6.45) is 0.818. The first-order chi connectivity index (χ1) is 10.1. The van der Waals surface area contributed by atoms with Crippen molar-refractivity contribution >= 4 is 11.7 Å². The minimum absolute atomic E-state index is 0.0000331. The second-order valence-electron chi connectivity index (χ2n) is 5.24. The summed E-state index contributed by atoms with van der Waals surface area (Å²) in [4.78, 5) is 13.2. The Morgan fingerprint density at radius 3 is 2.71 bits per heavy atom. The van der Waals surface area contributed by atoms with Crippen molar-refractivity contribution in [2.75, 3.05) is 11.4 Å². The number of carboxylic acid groups (broad SMARTS) is 1. The van der Waals surface area contributed by atoms with E-state index >= 15 is 0 Å². The number of hydrogen-bond donors (Lipinski definition) is 1. The smallest absolute Gasteiger partial charge is 0.305 e. The van der Waals surface area contributed by atoms with Crippen LogP contribution in [0.3, 0.4) is 0 Å². The minimum atomic E-state index is -0.853. The molecule has 0 bridgehead atoms. The van der Waals surface area contributed by atoms with Gasteiger partial charge in [-0.25, -0.2) is 4.39 Å². The molecule has 1 N–H and O–H groups in total. The molecule has 1 atom stereocenters. The molecule has 0 radical (unpaired) electrons. The van der Waals surface area contributed by atoms with Crippen molar-refractivity contribution in [3.63, 3.8) is 0 Å². The number of fused-ring (bicyclic) bond motifs is 1. The zero-order valence-electron chi connectivity index (χ0n) is 11.5. The van der Waals surface area contributed by atoms with Gasteiger partial charge in [0.2, 0.25) is 0 Å². The highest BCUT2D eigenvalue weighted by molar-refractivity contribution is 5.70. The number of benzene rings is 2. The number of nitrogens with zero attached hydrogens (tertiary/aromatic N) is 1. The van der Waals surface area contributed by atoms with E-state index in [2.05, 4.69) is 0 Å². The van der Waals surface area contributed by atoms with E-state index < -0.39 is 5.97 Å². The van der Waals surface area contributed by atoms with Gasteiger partial charge in [0, 0.05) is 12.2 Å². The second kappa shape index (κ2) is 5.56. The van der Waals surface area contributed by atoms with Crippen LogP contribution >= 0.6 is 0 Å². The van der Waals surface area contributed by atoms with Crippen molar-refractivity contribution in [1.29, 1.82) is 0 Å². The zero-order valence-corrected chi connectivity index (χ0v) is 11.5. The van der Waals surface area contributed by atoms with Crippen LogP contribution in [-0.4, -0.2) is 17.6 Å². The first-order valence-corrected chi connectivity index (χ1v) is 6.97. The third-order valence-electron chi connectivity index (χ3n) is 3.91. The van der Waals surface area contributed by atoms with Crippen LogP contribution in [0.25, 0.3) is 0 Å². The minimum Gasteiger partial charge on any atom is -0.481 e. The van der Waals surface area contributed by atoms with E-state index in [1.807, 2.05) is 35.2 Å². The summed E-state index contributed by atoms with van der Waals surface area (Å²) >= 11 is 0. The van der Waals surface area contributed by atoms with E-state index in [9.17, 15) is 14.3 Å². The number of anilines is 1. The molecule has 2 aromatic carbocycles. The lowest BCUT2D eigenvalue weighted by atomic mass is 10.0. The summed E-state index contributed by atoms with van der Waals surface area (Å²) in [7, 11) is 0. The van der Waals surface area contributed by atoms with Gasteiger partial charge in [-0.1, -0.05) is 36.4 Å². The van der Waals surface area contributed by atoms with Crippen LogP contribution < -0.4 is 4.90 Å². The Morgan fingerprint density at radius 2 is 2.00 bits per heavy atom. The molecule has 1 heterocycles. The molecule has 0 spiro atoms. The third kappa shape index (κ3) is 2.75. The standard InChI is InChI=1S/C17H16FNO2/c18-14-7-6-13-8-9-19(15(13)10-14)16(11-17(20)21)12-4-2-1-3-5-12/h1-7,10,16H,8-9,11H2,(H,20,21). The van der Waals surface area contributed by atoms with Crippen LogP contribution in [0.4, 0.5) is 10.1 Å². The molecule has 21 heavy (non-hydrogen) atoms. The van der Waals surface area contributed by atoms with Crippen LogP contribution in [0.2, 0.25) is 0 Å². The first kappa shape index (κ1) is 13.6. The molecule has 0 amide bonds. The molecule has 0 saturated heterocycles. The van der Waals surface area contributed by atoms with Crippen molar-refractivity contribution in [3.05, 3.63) is 65.5 Å². The second-order valence-corrected chi connectivity index (χ2v) is 5.24. The van der Waals surface area contributed by atoms with E-state index in [1.165, 1.54) is 12.1 Å². The highest BCUT2D eigenvalue weighted by atomic mass is 19.1. The highest BCUT2D eigenvalue weighted by Crippen LogP contribution is 2.37. The average molecular weight is 285 g/mol. The predicted molar refractivity (Wildman–Crippen MR) is 78.9 cm³/mol. The normalized spacial score (nSPS) is 14.8. The number of carbonyl (C=O) groups is 1. The maximum absolute atomic E-state index is 13.5. The number of hydrogen-bond acceptors (Lipinski definition) is 2. The van der Waals surface area contributed by atoms with Crippen LogP contribution in [0.1, 0.15) is 23.6 Å². The van der Waals surface area contributed by atoms with E-state index in [0.29, 0.717) is 6.54 Å². The van der Waals surface area contributed by atoms with Gasteiger partial charge in [-0.05, 0) is 29.7 Å². The van der Waals surface area contributed by atoms with Gasteiger partial charge in [0.05, 0.1) is 12.5 Å². The summed E-state index contributed by atoms with van der Waals surface area (Å²) < 4.78 is 13.5. The Balaban J connectivity index is 1.99. The van der Waals surface area contributed by atoms with Gasteiger partial charge in [-0.15, -0.1) is 0 Å². The Bertz CT molecular complexity index is 657. The number of halogens is 1. The lowest BCUT2D eigenvalue weighted by Gasteiger charge is -2.29. The summed E-state index contributed by atoms with van der Waals surface area (Å²) in [6.45, 7) is 0.714. The Morgan fingerprint density at radius 1 is 1.24 bits per heavy atom. The molecule has 0 saturated carbocycles. The molecule has 1 aliphatic rings. The molecule has 0 fully saturated rings. The van der Waals surface area contributed by atoms with Gasteiger partial charge >= 0.3 is 5.97 Å². The topological polar surface area (TPSA) is 40.5 Å². The summed E-state index contributed by atoms with van der Waals surface area (Å²) in [6, 6.07) is 14.0. The molecule has 2 aromatic rings. The van der Waals surface area contributed by atoms with Crippen molar-refractivity contribution in [3.8, 4) is 0 Å². The highest BCUT2D eigenvalue weighted by Gasteiger charge is 2.29. The molecule has 1 unspecified atom stereocenters. The largest absolute Gasteiger partial charge is 0.481 e. The van der Waals surface area contributed by atoms with E-state index in [4.69, 9.17) is 0 Å². The molecule has 3 rings (SSSR count). The van der Waals surface area contributed by atoms with Crippen LogP contribution in [0.15, 0.2) is 48.5 Å². The Labute approximate surface area is 122 Å². The molecular formula is C17H16FNO2. The maximum atomic E-state index is 13.5. The summed E-state index contributed by atoms with van der Waals surface area (Å²) in [5.41, 5.74) is 2.82. The third-order valence-corrected chi connectivity index (χ3v) is 3.91. The van der Waals surface area contributed by atoms with Crippen LogP contribution in [-0.2, 0) is 11.2 Å². The van der Waals surface area contributed by atoms with Gasteiger partial charge in [0.1, 0.15) is 5.82 Å². The van der Waals surface area contributed by atoms with Crippen LogP contribution in [0, 0.1) is 5.82 Å². The molecule has 0 aromatic heterocycles. The van der Waals surface area contributed by atoms with E-state index in [1.54, 1.807) is 6.07 Å². The van der Waals surface area contributed by atoms with Gasteiger partial charge in [-0.3, -0.25) is 4.79 Å². The fourth-order valence-electron chi connectivity index (χ4n) is 2.95.